The van der Waals surface area contributed by atoms with E-state index in [0.717, 1.165) is 25.7 Å². The van der Waals surface area contributed by atoms with Crippen LogP contribution in [0.25, 0.3) is 0 Å². The van der Waals surface area contributed by atoms with Crippen LogP contribution in [0.2, 0.25) is 0 Å². The highest BCUT2D eigenvalue weighted by Gasteiger charge is 2.19. The van der Waals surface area contributed by atoms with Gasteiger partial charge >= 0.3 is 0 Å². The molecule has 0 spiro atoms. The number of nitrogens with one attached hydrogen (secondary N) is 1. The molecule has 4 N–H and O–H groups in total. The highest BCUT2D eigenvalue weighted by molar-refractivity contribution is 5.43. The number of aromatic nitrogens is 2. The van der Waals surface area contributed by atoms with Crippen LogP contribution in [0.4, 0.5) is 11.8 Å². The Kier molecular flexibility index (Phi) is 3.63. The molecule has 1 aliphatic carbocycles. The predicted octanol–water partition coefficient (Wildman–Crippen LogP) is 0.783. The van der Waals surface area contributed by atoms with Crippen LogP contribution in [0.5, 0.6) is 5.88 Å². The molecule has 6 nitrogen and oxygen atoms in total. The van der Waals surface area contributed by atoms with E-state index in [9.17, 15) is 5.11 Å². The lowest BCUT2D eigenvalue weighted by atomic mass is 9.93. The van der Waals surface area contributed by atoms with Crippen molar-refractivity contribution in [3.63, 3.8) is 0 Å². The van der Waals surface area contributed by atoms with Gasteiger partial charge in [0.25, 0.3) is 0 Å². The SMILES string of the molecule is COc1cc(NC2CCC(O)CC2)nc(N)n1. The number of anilines is 2. The van der Waals surface area contributed by atoms with Crippen LogP contribution in [0.15, 0.2) is 6.07 Å². The van der Waals surface area contributed by atoms with E-state index in [-0.39, 0.29) is 12.1 Å². The maximum Gasteiger partial charge on any atom is 0.225 e. The third kappa shape index (κ3) is 3.20. The molecule has 1 aromatic rings. The summed E-state index contributed by atoms with van der Waals surface area (Å²) in [5.41, 5.74) is 5.58. The summed E-state index contributed by atoms with van der Waals surface area (Å²) in [5.74, 6) is 1.33. The summed E-state index contributed by atoms with van der Waals surface area (Å²) in [6, 6.07) is 2.05. The second kappa shape index (κ2) is 5.18. The van der Waals surface area contributed by atoms with Crippen LogP contribution in [0.3, 0.4) is 0 Å². The van der Waals surface area contributed by atoms with Crippen molar-refractivity contribution in [1.82, 2.24) is 9.97 Å². The Labute approximate surface area is 100 Å². The van der Waals surface area contributed by atoms with Crippen molar-refractivity contribution in [1.29, 1.82) is 0 Å². The van der Waals surface area contributed by atoms with Crippen LogP contribution in [0, 0.1) is 0 Å². The van der Waals surface area contributed by atoms with Crippen molar-refractivity contribution in [2.45, 2.75) is 37.8 Å². The lowest BCUT2D eigenvalue weighted by molar-refractivity contribution is 0.126. The molecular weight excluding hydrogens is 220 g/mol. The minimum atomic E-state index is -0.155. The first-order valence-electron chi connectivity index (χ1n) is 5.80. The summed E-state index contributed by atoms with van der Waals surface area (Å²) in [4.78, 5) is 8.03. The van der Waals surface area contributed by atoms with Gasteiger partial charge in [-0.05, 0) is 25.7 Å². The van der Waals surface area contributed by atoms with Crippen molar-refractivity contribution in [2.75, 3.05) is 18.2 Å². The van der Waals surface area contributed by atoms with Crippen molar-refractivity contribution in [3.8, 4) is 5.88 Å². The van der Waals surface area contributed by atoms with E-state index >= 15 is 0 Å². The molecule has 0 atom stereocenters. The number of nitrogens with zero attached hydrogens (tertiary/aromatic N) is 2. The monoisotopic (exact) mass is 238 g/mol. The number of methoxy groups -OCH3 is 1. The Balaban J connectivity index is 2.00. The first-order valence-corrected chi connectivity index (χ1v) is 5.80. The highest BCUT2D eigenvalue weighted by Crippen LogP contribution is 2.22. The molecule has 0 aliphatic heterocycles. The number of hydrogen-bond acceptors (Lipinski definition) is 6. The number of aliphatic hydroxyl groups is 1. The quantitative estimate of drug-likeness (QED) is 0.720. The van der Waals surface area contributed by atoms with Crippen molar-refractivity contribution in [2.24, 2.45) is 0 Å². The zero-order valence-electron chi connectivity index (χ0n) is 9.89. The van der Waals surface area contributed by atoms with E-state index in [1.54, 1.807) is 13.2 Å². The molecule has 0 saturated heterocycles. The second-order valence-corrected chi connectivity index (χ2v) is 4.30. The molecule has 0 amide bonds. The standard InChI is InChI=1S/C11H18N4O2/c1-17-10-6-9(14-11(12)15-10)13-7-2-4-8(16)5-3-7/h6-8,16H,2-5H2,1H3,(H3,12,13,14,15). The Bertz CT molecular complexity index is 378. The minimum absolute atomic E-state index is 0.155. The molecule has 0 aromatic carbocycles. The van der Waals surface area contributed by atoms with Gasteiger partial charge in [-0.1, -0.05) is 0 Å². The fourth-order valence-electron chi connectivity index (χ4n) is 2.05. The van der Waals surface area contributed by atoms with E-state index in [1.165, 1.54) is 0 Å². The number of rotatable bonds is 3. The number of ether oxygens (including phenoxy) is 1. The summed E-state index contributed by atoms with van der Waals surface area (Å²) in [7, 11) is 1.54. The first-order chi connectivity index (χ1) is 8.17. The molecule has 1 saturated carbocycles. The van der Waals surface area contributed by atoms with Crippen molar-refractivity contribution in [3.05, 3.63) is 6.07 Å². The predicted molar refractivity (Wildman–Crippen MR) is 64.9 cm³/mol. The fraction of sp³-hybridized carbons (Fsp3) is 0.636. The summed E-state index contributed by atoms with van der Waals surface area (Å²) >= 11 is 0. The van der Waals surface area contributed by atoms with Gasteiger partial charge in [0.2, 0.25) is 11.8 Å². The molecular formula is C11H18N4O2. The Hall–Kier alpha value is -1.56. The smallest absolute Gasteiger partial charge is 0.225 e. The Morgan fingerprint density at radius 3 is 2.71 bits per heavy atom. The lowest BCUT2D eigenvalue weighted by Gasteiger charge is -2.26. The normalized spacial score (nSPS) is 24.4. The van der Waals surface area contributed by atoms with Gasteiger partial charge in [0.05, 0.1) is 13.2 Å². The zero-order chi connectivity index (χ0) is 12.3. The maximum absolute atomic E-state index is 9.43. The summed E-state index contributed by atoms with van der Waals surface area (Å²) < 4.78 is 5.03. The third-order valence-electron chi connectivity index (χ3n) is 2.98. The molecule has 0 unspecified atom stereocenters. The number of nitrogens with two attached hydrogens (primary N) is 1. The van der Waals surface area contributed by atoms with Gasteiger partial charge in [-0.2, -0.15) is 9.97 Å². The van der Waals surface area contributed by atoms with Crippen LogP contribution in [-0.2, 0) is 0 Å². The molecule has 1 heterocycles. The topological polar surface area (TPSA) is 93.3 Å². The Morgan fingerprint density at radius 1 is 1.35 bits per heavy atom. The van der Waals surface area contributed by atoms with Crippen LogP contribution < -0.4 is 15.8 Å². The second-order valence-electron chi connectivity index (χ2n) is 4.30. The van der Waals surface area contributed by atoms with Gasteiger partial charge in [-0.3, -0.25) is 0 Å². The fourth-order valence-corrected chi connectivity index (χ4v) is 2.05. The molecule has 0 radical (unpaired) electrons. The van der Waals surface area contributed by atoms with Crippen molar-refractivity contribution >= 4 is 11.8 Å². The van der Waals surface area contributed by atoms with Crippen LogP contribution in [0.1, 0.15) is 25.7 Å². The molecule has 17 heavy (non-hydrogen) atoms. The number of aliphatic hydroxyl groups excluding tert-OH is 1. The van der Waals surface area contributed by atoms with E-state index in [0.29, 0.717) is 17.7 Å². The van der Waals surface area contributed by atoms with E-state index in [2.05, 4.69) is 15.3 Å². The maximum atomic E-state index is 9.43. The van der Waals surface area contributed by atoms with Gasteiger partial charge in [0, 0.05) is 12.1 Å². The molecule has 1 aromatic heterocycles. The van der Waals surface area contributed by atoms with Crippen molar-refractivity contribution < 1.29 is 9.84 Å². The van der Waals surface area contributed by atoms with Crippen LogP contribution in [-0.4, -0.2) is 34.3 Å². The number of hydrogen-bond donors (Lipinski definition) is 3. The molecule has 1 fully saturated rings. The molecule has 2 rings (SSSR count). The largest absolute Gasteiger partial charge is 0.481 e. The first kappa shape index (κ1) is 11.9. The lowest BCUT2D eigenvalue weighted by Crippen LogP contribution is -2.28. The summed E-state index contributed by atoms with van der Waals surface area (Å²) in [6.07, 6.45) is 3.38. The van der Waals surface area contributed by atoms with Gasteiger partial charge < -0.3 is 20.9 Å². The van der Waals surface area contributed by atoms with Crippen LogP contribution >= 0.6 is 0 Å². The average Bonchev–Trinajstić information content (AvgIpc) is 2.31. The number of nitrogen functional groups attached to an aromatic ring is 1. The van der Waals surface area contributed by atoms with E-state index < -0.39 is 0 Å². The molecule has 94 valence electrons. The molecule has 0 bridgehead atoms. The zero-order valence-corrected chi connectivity index (χ0v) is 9.89. The van der Waals surface area contributed by atoms with Gasteiger partial charge in [-0.15, -0.1) is 0 Å². The molecule has 6 heteroatoms. The highest BCUT2D eigenvalue weighted by atomic mass is 16.5. The van der Waals surface area contributed by atoms with Gasteiger partial charge in [0.1, 0.15) is 5.82 Å². The third-order valence-corrected chi connectivity index (χ3v) is 2.98. The molecule has 1 aliphatic rings. The Morgan fingerprint density at radius 2 is 2.06 bits per heavy atom. The van der Waals surface area contributed by atoms with Gasteiger partial charge in [0.15, 0.2) is 0 Å². The van der Waals surface area contributed by atoms with Gasteiger partial charge in [-0.25, -0.2) is 0 Å². The summed E-state index contributed by atoms with van der Waals surface area (Å²) in [5, 5.41) is 12.7. The average molecular weight is 238 g/mol. The van der Waals surface area contributed by atoms with E-state index in [1.807, 2.05) is 0 Å². The van der Waals surface area contributed by atoms with E-state index in [4.69, 9.17) is 10.5 Å². The summed E-state index contributed by atoms with van der Waals surface area (Å²) in [6.45, 7) is 0. The minimum Gasteiger partial charge on any atom is -0.481 e.